The van der Waals surface area contributed by atoms with E-state index >= 15 is 0 Å². The molecular formula is C20H31F3N2O6. The van der Waals surface area contributed by atoms with Crippen molar-refractivity contribution < 1.29 is 42.1 Å². The molecule has 11 heteroatoms. The Morgan fingerprint density at radius 2 is 1.84 bits per heavy atom. The predicted molar refractivity (Wildman–Crippen MR) is 103 cm³/mol. The number of ether oxygens (including phenoxy) is 3. The monoisotopic (exact) mass is 452 g/mol. The molecule has 0 bridgehead atoms. The molecular weight excluding hydrogens is 421 g/mol. The van der Waals surface area contributed by atoms with Gasteiger partial charge in [-0.3, -0.25) is 9.69 Å². The Morgan fingerprint density at radius 3 is 2.45 bits per heavy atom. The number of halogens is 3. The second kappa shape index (κ2) is 10.5. The largest absolute Gasteiger partial charge is 0.490 e. The van der Waals surface area contributed by atoms with Gasteiger partial charge in [0.05, 0.1) is 19.3 Å². The molecule has 31 heavy (non-hydrogen) atoms. The second-order valence-electron chi connectivity index (χ2n) is 8.57. The smallest absolute Gasteiger partial charge is 0.475 e. The lowest BCUT2D eigenvalue weighted by molar-refractivity contribution is -0.192. The van der Waals surface area contributed by atoms with Crippen molar-refractivity contribution in [2.45, 2.75) is 62.4 Å². The van der Waals surface area contributed by atoms with Gasteiger partial charge in [-0.1, -0.05) is 0 Å². The number of hydrogen-bond donors (Lipinski definition) is 1. The van der Waals surface area contributed by atoms with Crippen molar-refractivity contribution >= 4 is 11.9 Å². The molecule has 4 rings (SSSR count). The fraction of sp³-hybridized carbons (Fsp3) is 0.900. The molecule has 0 aromatic rings. The van der Waals surface area contributed by atoms with E-state index in [1.807, 2.05) is 4.90 Å². The van der Waals surface area contributed by atoms with E-state index < -0.39 is 12.1 Å². The van der Waals surface area contributed by atoms with Crippen molar-refractivity contribution in [3.8, 4) is 0 Å². The van der Waals surface area contributed by atoms with Gasteiger partial charge in [0.15, 0.2) is 0 Å². The molecule has 4 heterocycles. The van der Waals surface area contributed by atoms with Crippen molar-refractivity contribution in [2.75, 3.05) is 52.6 Å². The highest BCUT2D eigenvalue weighted by Crippen LogP contribution is 2.35. The molecule has 4 aliphatic heterocycles. The Morgan fingerprint density at radius 1 is 1.13 bits per heavy atom. The molecule has 4 fully saturated rings. The van der Waals surface area contributed by atoms with Crippen LogP contribution in [0.15, 0.2) is 0 Å². The van der Waals surface area contributed by atoms with E-state index in [0.29, 0.717) is 25.0 Å². The molecule has 0 aromatic carbocycles. The summed E-state index contributed by atoms with van der Waals surface area (Å²) in [5, 5.41) is 7.12. The van der Waals surface area contributed by atoms with E-state index in [4.69, 9.17) is 24.1 Å². The molecule has 1 amide bonds. The molecule has 2 unspecified atom stereocenters. The van der Waals surface area contributed by atoms with Crippen LogP contribution in [0, 0.1) is 0 Å². The summed E-state index contributed by atoms with van der Waals surface area (Å²) in [6.45, 7) is 6.83. The highest BCUT2D eigenvalue weighted by atomic mass is 19.4. The van der Waals surface area contributed by atoms with Gasteiger partial charge >= 0.3 is 12.1 Å². The van der Waals surface area contributed by atoms with Gasteiger partial charge in [0.1, 0.15) is 5.60 Å². The van der Waals surface area contributed by atoms with Gasteiger partial charge in [0.25, 0.3) is 0 Å². The Hall–Kier alpha value is -1.43. The number of carboxylic acids is 1. The highest BCUT2D eigenvalue weighted by molar-refractivity contribution is 5.78. The minimum Gasteiger partial charge on any atom is -0.475 e. The third-order valence-corrected chi connectivity index (χ3v) is 6.26. The van der Waals surface area contributed by atoms with Crippen LogP contribution in [0.4, 0.5) is 13.2 Å². The third-order valence-electron chi connectivity index (χ3n) is 6.26. The summed E-state index contributed by atoms with van der Waals surface area (Å²) >= 11 is 0. The van der Waals surface area contributed by atoms with Gasteiger partial charge < -0.3 is 24.2 Å². The van der Waals surface area contributed by atoms with Gasteiger partial charge in [0.2, 0.25) is 5.91 Å². The van der Waals surface area contributed by atoms with Gasteiger partial charge in [-0.25, -0.2) is 4.79 Å². The minimum absolute atomic E-state index is 0.172. The molecule has 4 saturated heterocycles. The van der Waals surface area contributed by atoms with E-state index in [1.165, 1.54) is 0 Å². The molecule has 0 aliphatic carbocycles. The number of amides is 1. The van der Waals surface area contributed by atoms with E-state index in [9.17, 15) is 18.0 Å². The Bertz CT molecular complexity index is 629. The Labute approximate surface area is 179 Å². The lowest BCUT2D eigenvalue weighted by atomic mass is 9.98. The number of nitrogens with zero attached hydrogens (tertiary/aromatic N) is 2. The van der Waals surface area contributed by atoms with Crippen LogP contribution in [0.1, 0.15) is 38.5 Å². The predicted octanol–water partition coefficient (Wildman–Crippen LogP) is 1.67. The van der Waals surface area contributed by atoms with Crippen LogP contribution in [0.3, 0.4) is 0 Å². The maximum absolute atomic E-state index is 11.9. The molecule has 0 aromatic heterocycles. The third kappa shape index (κ3) is 6.77. The lowest BCUT2D eigenvalue weighted by Crippen LogP contribution is -2.50. The number of carboxylic acid groups (broad SMARTS) is 1. The Balaban J connectivity index is 0.000000339. The molecule has 0 radical (unpaired) electrons. The number of carbonyl (C=O) groups is 2. The zero-order chi connectivity index (χ0) is 22.5. The lowest BCUT2D eigenvalue weighted by Gasteiger charge is -2.38. The first-order valence-corrected chi connectivity index (χ1v) is 10.8. The van der Waals surface area contributed by atoms with Crippen molar-refractivity contribution in [3.63, 3.8) is 0 Å². The zero-order valence-electron chi connectivity index (χ0n) is 17.6. The maximum Gasteiger partial charge on any atom is 0.490 e. The number of alkyl halides is 3. The summed E-state index contributed by atoms with van der Waals surface area (Å²) in [5.74, 6) is -2.46. The second-order valence-corrected chi connectivity index (χ2v) is 8.57. The topological polar surface area (TPSA) is 88.5 Å². The quantitative estimate of drug-likeness (QED) is 0.697. The number of hydrogen-bond acceptors (Lipinski definition) is 6. The summed E-state index contributed by atoms with van der Waals surface area (Å²) < 4.78 is 49.7. The van der Waals surface area contributed by atoms with Crippen LogP contribution in [-0.4, -0.2) is 103 Å². The van der Waals surface area contributed by atoms with Gasteiger partial charge in [-0.2, -0.15) is 13.2 Å². The van der Waals surface area contributed by atoms with E-state index in [2.05, 4.69) is 4.90 Å². The van der Waals surface area contributed by atoms with Crippen LogP contribution < -0.4 is 0 Å². The molecule has 0 saturated carbocycles. The maximum atomic E-state index is 11.9. The SMILES string of the molecule is O=C(O)C(F)(F)F.O=C1CCCN1CC1CCC2(COCCN(C3CCOCC3)C2)O1. The molecule has 1 N–H and O–H groups in total. The summed E-state index contributed by atoms with van der Waals surface area (Å²) in [7, 11) is 0. The van der Waals surface area contributed by atoms with Gasteiger partial charge in [-0.05, 0) is 32.1 Å². The van der Waals surface area contributed by atoms with Crippen LogP contribution in [0.25, 0.3) is 0 Å². The molecule has 1 spiro atoms. The van der Waals surface area contributed by atoms with Gasteiger partial charge in [0, 0.05) is 51.9 Å². The number of carbonyl (C=O) groups excluding carboxylic acids is 1. The molecule has 178 valence electrons. The zero-order valence-corrected chi connectivity index (χ0v) is 17.6. The van der Waals surface area contributed by atoms with E-state index in [-0.39, 0.29) is 11.7 Å². The summed E-state index contributed by atoms with van der Waals surface area (Å²) in [5.41, 5.74) is -0.178. The standard InChI is InChI=1S/C18H30N2O4.C2HF3O2/c21-17-2-1-7-19(17)12-16-3-6-18(24-16)13-20(8-11-23-14-18)15-4-9-22-10-5-15;3-2(4,5)1(6)7/h15-16H,1-14H2;(H,6,7). The van der Waals surface area contributed by atoms with Crippen LogP contribution in [0.5, 0.6) is 0 Å². The first-order valence-electron chi connectivity index (χ1n) is 10.8. The highest BCUT2D eigenvalue weighted by Gasteiger charge is 2.45. The van der Waals surface area contributed by atoms with Crippen molar-refractivity contribution in [1.82, 2.24) is 9.80 Å². The normalized spacial score (nSPS) is 30.9. The number of rotatable bonds is 3. The van der Waals surface area contributed by atoms with E-state index in [1.54, 1.807) is 0 Å². The number of aliphatic carboxylic acids is 1. The summed E-state index contributed by atoms with van der Waals surface area (Å²) in [4.78, 5) is 25.3. The average molecular weight is 452 g/mol. The van der Waals surface area contributed by atoms with Crippen molar-refractivity contribution in [3.05, 3.63) is 0 Å². The fourth-order valence-corrected chi connectivity index (χ4v) is 4.69. The first kappa shape index (κ1) is 24.2. The average Bonchev–Trinajstić information content (AvgIpc) is 3.24. The van der Waals surface area contributed by atoms with Crippen molar-refractivity contribution in [1.29, 1.82) is 0 Å². The van der Waals surface area contributed by atoms with Gasteiger partial charge in [-0.15, -0.1) is 0 Å². The minimum atomic E-state index is -5.08. The molecule has 2 atom stereocenters. The number of likely N-dealkylation sites (tertiary alicyclic amines) is 1. The van der Waals surface area contributed by atoms with Crippen LogP contribution >= 0.6 is 0 Å². The first-order chi connectivity index (χ1) is 14.7. The Kier molecular flexibility index (Phi) is 8.17. The van der Waals surface area contributed by atoms with Crippen LogP contribution in [-0.2, 0) is 23.8 Å². The van der Waals surface area contributed by atoms with Crippen molar-refractivity contribution in [2.24, 2.45) is 0 Å². The molecule has 4 aliphatic rings. The summed E-state index contributed by atoms with van der Waals surface area (Å²) in [6, 6.07) is 0.597. The van der Waals surface area contributed by atoms with Crippen LogP contribution in [0.2, 0.25) is 0 Å². The fourth-order valence-electron chi connectivity index (χ4n) is 4.69. The van der Waals surface area contributed by atoms with E-state index in [0.717, 1.165) is 78.1 Å². The summed E-state index contributed by atoms with van der Waals surface area (Å²) in [6.07, 6.45) is 1.10. The molecule has 8 nitrogen and oxygen atoms in total.